The second kappa shape index (κ2) is 15.9. The van der Waals surface area contributed by atoms with Gasteiger partial charge < -0.3 is 22.1 Å². The lowest BCUT2D eigenvalue weighted by molar-refractivity contribution is 0.101. The predicted molar refractivity (Wildman–Crippen MR) is 199 cm³/mol. The summed E-state index contributed by atoms with van der Waals surface area (Å²) in [6.45, 7) is 0.0494. The summed E-state index contributed by atoms with van der Waals surface area (Å²) < 4.78 is 23.2. The van der Waals surface area contributed by atoms with E-state index in [-0.39, 0.29) is 25.0 Å². The first kappa shape index (κ1) is 33.8. The van der Waals surface area contributed by atoms with Crippen LogP contribution in [0.25, 0.3) is 22.3 Å². The molecule has 0 atom stereocenters. The lowest BCUT2D eigenvalue weighted by Gasteiger charge is -2.11. The quantitative estimate of drug-likeness (QED) is 0.0745. The highest BCUT2D eigenvalue weighted by atomic mass is 31.1. The van der Waals surface area contributed by atoms with Crippen LogP contribution in [-0.2, 0) is 26.8 Å². The first-order chi connectivity index (χ1) is 24.3. The highest BCUT2D eigenvalue weighted by molar-refractivity contribution is 7.33. The Labute approximate surface area is 290 Å². The highest BCUT2D eigenvalue weighted by Gasteiger charge is 2.21. The van der Waals surface area contributed by atoms with E-state index in [1.54, 1.807) is 60.7 Å². The summed E-state index contributed by atoms with van der Waals surface area (Å²) >= 11 is 0. The van der Waals surface area contributed by atoms with Crippen molar-refractivity contribution >= 4 is 42.8 Å². The maximum Gasteiger partial charge on any atom is 0.698 e. The van der Waals surface area contributed by atoms with Gasteiger partial charge in [0.05, 0.1) is 22.7 Å². The van der Waals surface area contributed by atoms with Crippen molar-refractivity contribution in [3.05, 3.63) is 168 Å². The van der Waals surface area contributed by atoms with Crippen LogP contribution in [0.15, 0.2) is 146 Å². The minimum Gasteiger partial charge on any atom is -0.397 e. The van der Waals surface area contributed by atoms with Crippen LogP contribution < -0.4 is 22.1 Å². The van der Waals surface area contributed by atoms with Gasteiger partial charge in [-0.25, -0.2) is 0 Å². The van der Waals surface area contributed by atoms with Gasteiger partial charge in [0.2, 0.25) is 0 Å². The van der Waals surface area contributed by atoms with Gasteiger partial charge in [-0.05, 0) is 81.9 Å². The Morgan fingerprint density at radius 2 is 0.880 bits per heavy atom. The predicted octanol–water partition coefficient (Wildman–Crippen LogP) is 9.08. The number of hydrogen-bond donors (Lipinski definition) is 4. The molecule has 0 unspecified atom stereocenters. The maximum atomic E-state index is 12.9. The zero-order chi connectivity index (χ0) is 34.9. The molecule has 0 fully saturated rings. The van der Waals surface area contributed by atoms with Gasteiger partial charge in [0, 0.05) is 15.7 Å². The molecule has 50 heavy (non-hydrogen) atoms. The maximum absolute atomic E-state index is 12.9. The molecule has 6 aromatic rings. The highest BCUT2D eigenvalue weighted by Crippen LogP contribution is 2.30. The number of carbonyl (C=O) groups is 2. The molecule has 2 amide bonds. The number of nitrogens with two attached hydrogens (primary N) is 2. The minimum absolute atomic E-state index is 0.0247. The topological polar surface area (TPSA) is 146 Å². The molecular weight excluding hydrogens is 647 g/mol. The van der Waals surface area contributed by atoms with Crippen molar-refractivity contribution in [2.45, 2.75) is 13.2 Å². The van der Waals surface area contributed by atoms with E-state index in [1.807, 2.05) is 84.9 Å². The van der Waals surface area contributed by atoms with E-state index < -0.39 is 8.25 Å². The van der Waals surface area contributed by atoms with Crippen molar-refractivity contribution in [3.63, 3.8) is 0 Å². The number of hydrogen-bond acceptors (Lipinski definition) is 7. The Hall–Kier alpha value is -6.12. The van der Waals surface area contributed by atoms with Gasteiger partial charge in [0.15, 0.2) is 0 Å². The molecule has 0 aliphatic heterocycles. The molecule has 0 radical (unpaired) electrons. The molecule has 6 aromatic carbocycles. The van der Waals surface area contributed by atoms with Gasteiger partial charge in [-0.3, -0.25) is 9.59 Å². The zero-order valence-electron chi connectivity index (χ0n) is 26.9. The van der Waals surface area contributed by atoms with Crippen molar-refractivity contribution in [2.24, 2.45) is 0 Å². The number of rotatable bonds is 12. The van der Waals surface area contributed by atoms with Gasteiger partial charge in [-0.2, -0.15) is 0 Å². The van der Waals surface area contributed by atoms with E-state index in [0.29, 0.717) is 45.0 Å². The molecule has 0 aliphatic rings. The summed E-state index contributed by atoms with van der Waals surface area (Å²) in [7, 11) is -2.42. The van der Waals surface area contributed by atoms with Crippen molar-refractivity contribution < 1.29 is 23.2 Å². The zero-order valence-corrected chi connectivity index (χ0v) is 27.8. The molecule has 0 spiro atoms. The summed E-state index contributed by atoms with van der Waals surface area (Å²) in [6.07, 6.45) is 0. The summed E-state index contributed by atoms with van der Waals surface area (Å²) in [5, 5.41) is 5.76. The first-order valence-corrected chi connectivity index (χ1v) is 16.9. The molecule has 0 aromatic heterocycles. The monoisotopic (exact) mass is 681 g/mol. The Balaban J connectivity index is 0.964. The Morgan fingerprint density at radius 1 is 0.500 bits per heavy atom. The molecule has 248 valence electrons. The third-order valence-electron chi connectivity index (χ3n) is 7.92. The average Bonchev–Trinajstić information content (AvgIpc) is 3.16. The van der Waals surface area contributed by atoms with Crippen LogP contribution >= 0.6 is 8.25 Å². The first-order valence-electron chi connectivity index (χ1n) is 15.8. The minimum atomic E-state index is -2.42. The van der Waals surface area contributed by atoms with Crippen molar-refractivity contribution in [3.8, 4) is 22.3 Å². The van der Waals surface area contributed by atoms with Crippen molar-refractivity contribution in [1.82, 2.24) is 0 Å². The molecular formula is C40H34N4O5P+. The average molecular weight is 682 g/mol. The van der Waals surface area contributed by atoms with E-state index >= 15 is 0 Å². The second-order valence-electron chi connectivity index (χ2n) is 11.4. The molecule has 10 heteroatoms. The normalized spacial score (nSPS) is 10.7. The molecule has 0 heterocycles. The number of anilines is 4. The fourth-order valence-electron chi connectivity index (χ4n) is 5.13. The number of carbonyl (C=O) groups excluding carboxylic acids is 2. The van der Waals surface area contributed by atoms with Crippen LogP contribution in [0, 0.1) is 0 Å². The van der Waals surface area contributed by atoms with Crippen LogP contribution in [0.5, 0.6) is 0 Å². The molecule has 0 bridgehead atoms. The van der Waals surface area contributed by atoms with Crippen LogP contribution in [0.3, 0.4) is 0 Å². The summed E-state index contributed by atoms with van der Waals surface area (Å²) in [5.74, 6) is -0.623. The SMILES string of the molecule is Nc1ccc(-c2ccccc2)cc1NC(=O)c1ccc(CO[P+](=O)OCc2ccc(C(=O)Nc3cc(-c4ccccc4)ccc3N)cc2)cc1. The summed E-state index contributed by atoms with van der Waals surface area (Å²) in [4.78, 5) is 25.9. The Kier molecular flexibility index (Phi) is 10.7. The molecule has 0 saturated heterocycles. The fourth-order valence-corrected chi connectivity index (χ4v) is 5.72. The fraction of sp³-hybridized carbons (Fsp3) is 0.0500. The second-order valence-corrected chi connectivity index (χ2v) is 12.4. The number of benzene rings is 6. The van der Waals surface area contributed by atoms with Crippen molar-refractivity contribution in [1.29, 1.82) is 0 Å². The molecule has 9 nitrogen and oxygen atoms in total. The number of nitrogens with one attached hydrogen (secondary N) is 2. The lowest BCUT2D eigenvalue weighted by atomic mass is 10.0. The van der Waals surface area contributed by atoms with Crippen LogP contribution in [-0.4, -0.2) is 11.8 Å². The summed E-state index contributed by atoms with van der Waals surface area (Å²) in [5.41, 5.74) is 20.4. The van der Waals surface area contributed by atoms with Crippen LogP contribution in [0.2, 0.25) is 0 Å². The third kappa shape index (κ3) is 8.66. The Morgan fingerprint density at radius 3 is 1.26 bits per heavy atom. The van der Waals surface area contributed by atoms with Gasteiger partial charge in [-0.15, -0.1) is 9.05 Å². The van der Waals surface area contributed by atoms with E-state index in [4.69, 9.17) is 20.5 Å². The molecule has 6 N–H and O–H groups in total. The van der Waals surface area contributed by atoms with Crippen molar-refractivity contribution in [2.75, 3.05) is 22.1 Å². The van der Waals surface area contributed by atoms with E-state index in [0.717, 1.165) is 22.3 Å². The van der Waals surface area contributed by atoms with Gasteiger partial charge in [0.25, 0.3) is 11.8 Å². The molecule has 6 rings (SSSR count). The van der Waals surface area contributed by atoms with Gasteiger partial charge >= 0.3 is 8.25 Å². The third-order valence-corrected chi connectivity index (χ3v) is 8.60. The van der Waals surface area contributed by atoms with Crippen LogP contribution in [0.4, 0.5) is 22.7 Å². The number of amides is 2. The Bertz CT molecular complexity index is 1970. The standard InChI is InChI=1S/C40H33N4O5P/c41-35-21-19-33(29-7-3-1-4-8-29)23-37(35)43-39(45)31-15-11-27(12-16-31)25-48-50(47)49-26-28-13-17-32(18-14-28)40(46)44-38-24-34(20-22-36(38)42)30-9-5-2-6-10-30/h1-24H,25-26,41-42H2,(H-,43,44,45,46)/p+1. The van der Waals surface area contributed by atoms with E-state index in [2.05, 4.69) is 10.6 Å². The van der Waals surface area contributed by atoms with Gasteiger partial charge in [0.1, 0.15) is 13.2 Å². The molecule has 0 aliphatic carbocycles. The smallest absolute Gasteiger partial charge is 0.397 e. The summed E-state index contributed by atoms with van der Waals surface area (Å²) in [6, 6.07) is 44.2. The van der Waals surface area contributed by atoms with E-state index in [1.165, 1.54) is 0 Å². The largest absolute Gasteiger partial charge is 0.698 e. The van der Waals surface area contributed by atoms with Crippen LogP contribution in [0.1, 0.15) is 31.8 Å². The lowest BCUT2D eigenvalue weighted by Crippen LogP contribution is -2.13. The van der Waals surface area contributed by atoms with E-state index in [9.17, 15) is 14.2 Å². The van der Waals surface area contributed by atoms with Gasteiger partial charge in [-0.1, -0.05) is 97.1 Å². The molecule has 0 saturated carbocycles. The number of nitrogen functional groups attached to an aromatic ring is 2.